The van der Waals surface area contributed by atoms with Gasteiger partial charge in [-0.15, -0.1) is 0 Å². The number of carboxylic acid groups (broad SMARTS) is 1. The lowest BCUT2D eigenvalue weighted by atomic mass is 9.91. The Hall–Kier alpha value is -1.11. The zero-order valence-corrected chi connectivity index (χ0v) is 11.4. The van der Waals surface area contributed by atoms with E-state index in [0.29, 0.717) is 12.2 Å². The van der Waals surface area contributed by atoms with Crippen LogP contribution in [0.5, 0.6) is 5.75 Å². The monoisotopic (exact) mass is 315 g/mol. The molecule has 2 rings (SSSR count). The fourth-order valence-electron chi connectivity index (χ4n) is 2.01. The number of carboxylic acids is 1. The molecule has 3 N–H and O–H groups in total. The van der Waals surface area contributed by atoms with Crippen molar-refractivity contribution in [1.82, 2.24) is 0 Å². The summed E-state index contributed by atoms with van der Waals surface area (Å²) in [6, 6.07) is 5.62. The van der Waals surface area contributed by atoms with E-state index >= 15 is 0 Å². The number of ether oxygens (including phenoxy) is 1. The van der Waals surface area contributed by atoms with Gasteiger partial charge in [0.1, 0.15) is 11.9 Å². The molecule has 18 heavy (non-hydrogen) atoms. The van der Waals surface area contributed by atoms with E-state index in [9.17, 15) is 9.90 Å². The second-order valence-electron chi connectivity index (χ2n) is 4.43. The third-order valence-corrected chi connectivity index (χ3v) is 3.74. The number of aliphatic carboxylic acids is 1. The Morgan fingerprint density at radius 2 is 2.39 bits per heavy atom. The van der Waals surface area contributed by atoms with Crippen molar-refractivity contribution in [2.75, 3.05) is 0 Å². The van der Waals surface area contributed by atoms with E-state index in [2.05, 4.69) is 20.8 Å². The van der Waals surface area contributed by atoms with E-state index in [1.54, 1.807) is 0 Å². The first kappa shape index (κ1) is 13.3. The van der Waals surface area contributed by atoms with Gasteiger partial charge in [0.05, 0.1) is 0 Å². The van der Waals surface area contributed by atoms with E-state index in [-0.39, 0.29) is 0 Å². The summed E-state index contributed by atoms with van der Waals surface area (Å²) in [5.74, 6) is 4.67. The molecule has 0 aromatic heterocycles. The van der Waals surface area contributed by atoms with Gasteiger partial charge in [-0.3, -0.25) is 4.84 Å². The Morgan fingerprint density at radius 3 is 3.00 bits per heavy atom. The van der Waals surface area contributed by atoms with Gasteiger partial charge in [-0.1, -0.05) is 15.9 Å². The van der Waals surface area contributed by atoms with Crippen LogP contribution < -0.4 is 10.6 Å². The predicted octanol–water partition coefficient (Wildman–Crippen LogP) is 1.88. The molecule has 1 unspecified atom stereocenters. The van der Waals surface area contributed by atoms with Crippen LogP contribution in [0.3, 0.4) is 0 Å². The van der Waals surface area contributed by atoms with Crippen LogP contribution in [-0.2, 0) is 16.1 Å². The fourth-order valence-corrected chi connectivity index (χ4v) is 2.42. The maximum Gasteiger partial charge on any atom is 0.341 e. The number of carbonyl (C=O) groups is 1. The Kier molecular flexibility index (Phi) is 3.61. The van der Waals surface area contributed by atoms with Gasteiger partial charge in [-0.05, 0) is 43.5 Å². The topological polar surface area (TPSA) is 81.8 Å². The van der Waals surface area contributed by atoms with Crippen molar-refractivity contribution >= 4 is 21.9 Å². The van der Waals surface area contributed by atoms with Gasteiger partial charge < -0.3 is 9.84 Å². The Balaban J connectivity index is 2.26. The molecule has 1 heterocycles. The van der Waals surface area contributed by atoms with Crippen LogP contribution in [0.4, 0.5) is 0 Å². The van der Waals surface area contributed by atoms with Gasteiger partial charge in [-0.25, -0.2) is 10.7 Å². The quantitative estimate of drug-likeness (QED) is 0.832. The Labute approximate surface area is 113 Å². The zero-order valence-electron chi connectivity index (χ0n) is 9.85. The molecule has 0 saturated heterocycles. The molecule has 0 amide bonds. The van der Waals surface area contributed by atoms with Crippen LogP contribution in [0.25, 0.3) is 0 Å². The second-order valence-corrected chi connectivity index (χ2v) is 5.34. The molecule has 0 bridgehead atoms. The molecule has 0 saturated carbocycles. The fraction of sp³-hybridized carbons (Fsp3) is 0.417. The number of halogens is 1. The minimum absolute atomic E-state index is 0.545. The molecule has 6 heteroatoms. The molecular weight excluding hydrogens is 302 g/mol. The van der Waals surface area contributed by atoms with Crippen molar-refractivity contribution in [1.29, 1.82) is 0 Å². The van der Waals surface area contributed by atoms with Gasteiger partial charge >= 0.3 is 5.97 Å². The summed E-state index contributed by atoms with van der Waals surface area (Å²) < 4.78 is 6.67. The Morgan fingerprint density at radius 1 is 1.67 bits per heavy atom. The summed E-state index contributed by atoms with van der Waals surface area (Å²) in [6.45, 7) is 1.42. The molecule has 1 aliphatic heterocycles. The van der Waals surface area contributed by atoms with Crippen molar-refractivity contribution in [3.63, 3.8) is 0 Å². The molecule has 1 aliphatic rings. The Bertz CT molecular complexity index is 479. The number of fused-ring (bicyclic) bond motifs is 1. The maximum atomic E-state index is 11.2. The lowest BCUT2D eigenvalue weighted by Crippen LogP contribution is -2.54. The van der Waals surface area contributed by atoms with Crippen LogP contribution in [0, 0.1) is 0 Å². The number of nitrogens with two attached hydrogens (primary N) is 1. The van der Waals surface area contributed by atoms with Gasteiger partial charge in [-0.2, -0.15) is 0 Å². The van der Waals surface area contributed by atoms with E-state index in [4.69, 9.17) is 10.6 Å². The number of rotatable bonds is 3. The molecule has 98 valence electrons. The van der Waals surface area contributed by atoms with Gasteiger partial charge in [0, 0.05) is 4.47 Å². The van der Waals surface area contributed by atoms with E-state index < -0.39 is 17.7 Å². The molecule has 0 radical (unpaired) electrons. The lowest BCUT2D eigenvalue weighted by molar-refractivity contribution is -0.179. The number of aryl methyl sites for hydroxylation is 1. The van der Waals surface area contributed by atoms with E-state index in [1.165, 1.54) is 6.92 Å². The van der Waals surface area contributed by atoms with Crippen LogP contribution in [0.2, 0.25) is 0 Å². The third-order valence-electron chi connectivity index (χ3n) is 3.25. The summed E-state index contributed by atoms with van der Waals surface area (Å²) in [4.78, 5) is 15.9. The van der Waals surface area contributed by atoms with Crippen molar-refractivity contribution in [2.45, 2.75) is 31.5 Å². The third kappa shape index (κ3) is 2.23. The highest BCUT2D eigenvalue weighted by Gasteiger charge is 2.46. The molecule has 2 atom stereocenters. The summed E-state index contributed by atoms with van der Waals surface area (Å²) >= 11 is 3.39. The normalized spacial score (nSPS) is 21.6. The molecular formula is C12H14BrNO4. The second kappa shape index (κ2) is 4.87. The van der Waals surface area contributed by atoms with E-state index in [1.807, 2.05) is 18.2 Å². The SMILES string of the molecule is CC(ON)(C(=O)O)[C@H]1CCc2cc(Br)ccc2O1. The number of hydrogen-bond donors (Lipinski definition) is 2. The molecule has 0 fully saturated rings. The highest BCUT2D eigenvalue weighted by Crippen LogP contribution is 2.34. The smallest absolute Gasteiger partial charge is 0.341 e. The average molecular weight is 316 g/mol. The minimum atomic E-state index is -1.54. The summed E-state index contributed by atoms with van der Waals surface area (Å²) in [7, 11) is 0. The van der Waals surface area contributed by atoms with Gasteiger partial charge in [0.2, 0.25) is 5.60 Å². The molecule has 1 aromatic carbocycles. The molecule has 1 aromatic rings. The largest absolute Gasteiger partial charge is 0.486 e. The van der Waals surface area contributed by atoms with Crippen molar-refractivity contribution in [3.05, 3.63) is 28.2 Å². The molecule has 0 spiro atoms. The van der Waals surface area contributed by atoms with Crippen molar-refractivity contribution in [2.24, 2.45) is 5.90 Å². The maximum absolute atomic E-state index is 11.2. The average Bonchev–Trinajstić information content (AvgIpc) is 2.36. The van der Waals surface area contributed by atoms with Crippen LogP contribution >= 0.6 is 15.9 Å². The number of benzene rings is 1. The van der Waals surface area contributed by atoms with Crippen LogP contribution in [0.15, 0.2) is 22.7 Å². The summed E-state index contributed by atoms with van der Waals surface area (Å²) in [5, 5.41) is 9.18. The van der Waals surface area contributed by atoms with Gasteiger partial charge in [0.15, 0.2) is 0 Å². The van der Waals surface area contributed by atoms with Crippen LogP contribution in [-0.4, -0.2) is 22.8 Å². The van der Waals surface area contributed by atoms with Crippen LogP contribution in [0.1, 0.15) is 18.9 Å². The van der Waals surface area contributed by atoms with E-state index in [0.717, 1.165) is 16.5 Å². The predicted molar refractivity (Wildman–Crippen MR) is 68.2 cm³/mol. The van der Waals surface area contributed by atoms with Gasteiger partial charge in [0.25, 0.3) is 0 Å². The van der Waals surface area contributed by atoms with Crippen molar-refractivity contribution < 1.29 is 19.5 Å². The zero-order chi connectivity index (χ0) is 13.3. The summed E-state index contributed by atoms with van der Waals surface area (Å²) in [6.07, 6.45) is 0.670. The minimum Gasteiger partial charge on any atom is -0.486 e. The number of hydrogen-bond acceptors (Lipinski definition) is 4. The van der Waals surface area contributed by atoms with Crippen molar-refractivity contribution in [3.8, 4) is 5.75 Å². The highest BCUT2D eigenvalue weighted by atomic mass is 79.9. The first-order valence-corrected chi connectivity index (χ1v) is 6.33. The first-order chi connectivity index (χ1) is 8.47. The molecule has 0 aliphatic carbocycles. The summed E-state index contributed by atoms with van der Waals surface area (Å²) in [5.41, 5.74) is -0.490. The highest BCUT2D eigenvalue weighted by molar-refractivity contribution is 9.10. The molecule has 5 nitrogen and oxygen atoms in total. The lowest BCUT2D eigenvalue weighted by Gasteiger charge is -2.35. The standard InChI is InChI=1S/C12H14BrNO4/c1-12(18-14,11(15)16)10-5-2-7-6-8(13)3-4-9(7)17-10/h3-4,6,10H,2,5,14H2,1H3,(H,15,16)/t10-,12?/m1/s1. The first-order valence-electron chi connectivity index (χ1n) is 5.53.